The van der Waals surface area contributed by atoms with E-state index in [9.17, 15) is 18.3 Å². The van der Waals surface area contributed by atoms with Crippen LogP contribution in [-0.2, 0) is 14.8 Å². The molecule has 1 N–H and O–H groups in total. The predicted molar refractivity (Wildman–Crippen MR) is 81.5 cm³/mol. The molecule has 2 rings (SSSR count). The van der Waals surface area contributed by atoms with Crippen LogP contribution in [0.5, 0.6) is 0 Å². The Labute approximate surface area is 127 Å². The first-order chi connectivity index (χ1) is 9.62. The Bertz CT molecular complexity index is 494. The molecular formula is C15H27NO4S. The van der Waals surface area contributed by atoms with E-state index in [4.69, 9.17) is 0 Å². The van der Waals surface area contributed by atoms with Crippen LogP contribution in [0.25, 0.3) is 0 Å². The SMILES string of the molecule is CC(C)(C)CCS(=O)(=O)N1C(C(=O)O)CC2CCCCC21. The third kappa shape index (κ3) is 3.77. The van der Waals surface area contributed by atoms with E-state index in [0.717, 1.165) is 25.7 Å². The number of aliphatic carboxylic acids is 1. The normalized spacial score (nSPS) is 31.1. The van der Waals surface area contributed by atoms with E-state index in [1.54, 1.807) is 0 Å². The molecule has 5 nitrogen and oxygen atoms in total. The largest absolute Gasteiger partial charge is 0.480 e. The fraction of sp³-hybridized carbons (Fsp3) is 0.933. The summed E-state index contributed by atoms with van der Waals surface area (Å²) in [7, 11) is -3.51. The van der Waals surface area contributed by atoms with Gasteiger partial charge in [0.15, 0.2) is 0 Å². The molecule has 0 aromatic heterocycles. The van der Waals surface area contributed by atoms with Crippen LogP contribution in [0.1, 0.15) is 59.3 Å². The predicted octanol–water partition coefficient (Wildman–Crippen LogP) is 2.47. The molecule has 3 atom stereocenters. The first-order valence-corrected chi connectivity index (χ1v) is 9.47. The summed E-state index contributed by atoms with van der Waals surface area (Å²) in [5.74, 6) is -0.725. The Hall–Kier alpha value is -0.620. The first kappa shape index (κ1) is 16.7. The molecule has 0 aromatic rings. The van der Waals surface area contributed by atoms with Crippen molar-refractivity contribution in [1.82, 2.24) is 4.31 Å². The van der Waals surface area contributed by atoms with Gasteiger partial charge in [-0.3, -0.25) is 4.79 Å². The van der Waals surface area contributed by atoms with Crippen molar-refractivity contribution in [2.75, 3.05) is 5.75 Å². The van der Waals surface area contributed by atoms with Gasteiger partial charge in [0.05, 0.1) is 5.75 Å². The number of hydrogen-bond donors (Lipinski definition) is 1. The maximum absolute atomic E-state index is 12.7. The van der Waals surface area contributed by atoms with Crippen LogP contribution < -0.4 is 0 Å². The number of carbonyl (C=O) groups is 1. The maximum atomic E-state index is 12.7. The van der Waals surface area contributed by atoms with Gasteiger partial charge in [0, 0.05) is 6.04 Å². The van der Waals surface area contributed by atoms with Crippen molar-refractivity contribution in [3.8, 4) is 0 Å². The van der Waals surface area contributed by atoms with Crippen molar-refractivity contribution in [1.29, 1.82) is 0 Å². The molecular weight excluding hydrogens is 290 g/mol. The smallest absolute Gasteiger partial charge is 0.322 e. The summed E-state index contributed by atoms with van der Waals surface area (Å²) in [6.45, 7) is 6.01. The van der Waals surface area contributed by atoms with E-state index in [0.29, 0.717) is 12.8 Å². The van der Waals surface area contributed by atoms with E-state index >= 15 is 0 Å². The van der Waals surface area contributed by atoms with Crippen molar-refractivity contribution in [2.45, 2.75) is 71.4 Å². The van der Waals surface area contributed by atoms with Gasteiger partial charge in [-0.25, -0.2) is 8.42 Å². The Kier molecular flexibility index (Phi) is 4.69. The lowest BCUT2D eigenvalue weighted by atomic mass is 9.85. The molecule has 0 spiro atoms. The van der Waals surface area contributed by atoms with Gasteiger partial charge in [0.1, 0.15) is 6.04 Å². The Balaban J connectivity index is 2.22. The highest BCUT2D eigenvalue weighted by atomic mass is 32.2. The van der Waals surface area contributed by atoms with Crippen LogP contribution in [0.15, 0.2) is 0 Å². The minimum absolute atomic E-state index is 0.0451. The highest BCUT2D eigenvalue weighted by Crippen LogP contribution is 2.41. The number of carboxylic acid groups (broad SMARTS) is 1. The molecule has 1 heterocycles. The van der Waals surface area contributed by atoms with Crippen molar-refractivity contribution in [3.63, 3.8) is 0 Å². The lowest BCUT2D eigenvalue weighted by Crippen LogP contribution is -2.47. The van der Waals surface area contributed by atoms with Gasteiger partial charge in [-0.15, -0.1) is 0 Å². The summed E-state index contributed by atoms with van der Waals surface area (Å²) in [5.41, 5.74) is -0.0719. The average molecular weight is 317 g/mol. The lowest BCUT2D eigenvalue weighted by Gasteiger charge is -2.32. The zero-order chi connectivity index (χ0) is 15.8. The molecule has 1 saturated heterocycles. The summed E-state index contributed by atoms with van der Waals surface area (Å²) in [5, 5.41) is 9.42. The standard InChI is InChI=1S/C15H27NO4S/c1-15(2,3)8-9-21(19,20)16-12-7-5-4-6-11(12)10-13(16)14(17)18/h11-13H,4-10H2,1-3H3,(H,17,18). The van der Waals surface area contributed by atoms with Crippen LogP contribution >= 0.6 is 0 Å². The highest BCUT2D eigenvalue weighted by molar-refractivity contribution is 7.89. The summed E-state index contributed by atoms with van der Waals surface area (Å²) >= 11 is 0. The second kappa shape index (κ2) is 5.88. The quantitative estimate of drug-likeness (QED) is 0.864. The molecule has 1 saturated carbocycles. The van der Waals surface area contributed by atoms with Gasteiger partial charge >= 0.3 is 5.97 Å². The molecule has 6 heteroatoms. The van der Waals surface area contributed by atoms with Crippen molar-refractivity contribution in [2.24, 2.45) is 11.3 Å². The summed E-state index contributed by atoms with van der Waals surface area (Å²) in [4.78, 5) is 11.5. The van der Waals surface area contributed by atoms with Gasteiger partial charge < -0.3 is 5.11 Å². The second-order valence-corrected chi connectivity index (χ2v) is 9.65. The molecule has 0 aromatic carbocycles. The molecule has 2 aliphatic rings. The number of fused-ring (bicyclic) bond motifs is 1. The third-order valence-electron chi connectivity index (χ3n) is 4.75. The molecule has 3 unspecified atom stereocenters. The second-order valence-electron chi connectivity index (χ2n) is 7.66. The Morgan fingerprint density at radius 1 is 1.24 bits per heavy atom. The third-order valence-corrected chi connectivity index (χ3v) is 6.63. The van der Waals surface area contributed by atoms with E-state index in [2.05, 4.69) is 0 Å². The van der Waals surface area contributed by atoms with Crippen molar-refractivity contribution >= 4 is 16.0 Å². The number of nitrogens with zero attached hydrogens (tertiary/aromatic N) is 1. The molecule has 122 valence electrons. The molecule has 0 radical (unpaired) electrons. The van der Waals surface area contributed by atoms with Gasteiger partial charge in [0.2, 0.25) is 10.0 Å². The molecule has 1 aliphatic carbocycles. The van der Waals surface area contributed by atoms with Crippen molar-refractivity contribution in [3.05, 3.63) is 0 Å². The van der Waals surface area contributed by atoms with Crippen LogP contribution in [0.4, 0.5) is 0 Å². The lowest BCUT2D eigenvalue weighted by molar-refractivity contribution is -0.141. The van der Waals surface area contributed by atoms with E-state index < -0.39 is 22.0 Å². The fourth-order valence-electron chi connectivity index (χ4n) is 3.57. The number of carboxylic acids is 1. The molecule has 1 aliphatic heterocycles. The zero-order valence-electron chi connectivity index (χ0n) is 13.2. The monoisotopic (exact) mass is 317 g/mol. The van der Waals surface area contributed by atoms with Crippen LogP contribution in [-0.4, -0.2) is 41.6 Å². The van der Waals surface area contributed by atoms with E-state index in [1.165, 1.54) is 4.31 Å². The minimum Gasteiger partial charge on any atom is -0.480 e. The number of hydrogen-bond acceptors (Lipinski definition) is 3. The molecule has 2 fully saturated rings. The number of rotatable bonds is 4. The summed E-state index contributed by atoms with van der Waals surface area (Å²) in [6, 6.07) is -0.951. The Morgan fingerprint density at radius 2 is 1.86 bits per heavy atom. The molecule has 0 amide bonds. The highest BCUT2D eigenvalue weighted by Gasteiger charge is 2.50. The van der Waals surface area contributed by atoms with Crippen LogP contribution in [0.3, 0.4) is 0 Å². The fourth-order valence-corrected chi connectivity index (χ4v) is 5.91. The van der Waals surface area contributed by atoms with Crippen LogP contribution in [0, 0.1) is 11.3 Å². The average Bonchev–Trinajstić information content (AvgIpc) is 2.76. The van der Waals surface area contributed by atoms with Gasteiger partial charge in [-0.05, 0) is 37.0 Å². The molecule has 0 bridgehead atoms. The van der Waals surface area contributed by atoms with E-state index in [-0.39, 0.29) is 23.1 Å². The molecule has 21 heavy (non-hydrogen) atoms. The van der Waals surface area contributed by atoms with Gasteiger partial charge in [-0.1, -0.05) is 33.6 Å². The summed E-state index contributed by atoms with van der Waals surface area (Å²) < 4.78 is 26.8. The summed E-state index contributed by atoms with van der Waals surface area (Å²) in [6.07, 6.45) is 4.88. The number of sulfonamides is 1. The van der Waals surface area contributed by atoms with E-state index in [1.807, 2.05) is 20.8 Å². The minimum atomic E-state index is -3.51. The van der Waals surface area contributed by atoms with Crippen molar-refractivity contribution < 1.29 is 18.3 Å². The topological polar surface area (TPSA) is 74.7 Å². The Morgan fingerprint density at radius 3 is 2.43 bits per heavy atom. The zero-order valence-corrected chi connectivity index (χ0v) is 14.0. The first-order valence-electron chi connectivity index (χ1n) is 7.86. The van der Waals surface area contributed by atoms with Gasteiger partial charge in [0.25, 0.3) is 0 Å². The maximum Gasteiger partial charge on any atom is 0.322 e. The van der Waals surface area contributed by atoms with Crippen LogP contribution in [0.2, 0.25) is 0 Å². The van der Waals surface area contributed by atoms with Gasteiger partial charge in [-0.2, -0.15) is 4.31 Å².